The fraction of sp³-hybridized carbons (Fsp3) is 0.522. The van der Waals surface area contributed by atoms with E-state index in [0.717, 1.165) is 44.6 Å². The Morgan fingerprint density at radius 3 is 2.36 bits per heavy atom. The number of aromatic nitrogens is 2. The highest BCUT2D eigenvalue weighted by atomic mass is 16.2. The molecule has 1 amide bonds. The minimum absolute atomic E-state index is 0.143. The third kappa shape index (κ3) is 4.18. The number of piperidine rings is 1. The van der Waals surface area contributed by atoms with Crippen molar-refractivity contribution in [1.82, 2.24) is 14.9 Å². The molecule has 2 heterocycles. The van der Waals surface area contributed by atoms with Crippen LogP contribution in [0.5, 0.6) is 0 Å². The van der Waals surface area contributed by atoms with Gasteiger partial charge in [-0.15, -0.1) is 0 Å². The number of nitrogens with zero attached hydrogens (tertiary/aromatic N) is 4. The van der Waals surface area contributed by atoms with E-state index in [-0.39, 0.29) is 5.92 Å². The number of amides is 1. The highest BCUT2D eigenvalue weighted by molar-refractivity contribution is 5.79. The van der Waals surface area contributed by atoms with Gasteiger partial charge in [0.2, 0.25) is 5.91 Å². The van der Waals surface area contributed by atoms with Crippen LogP contribution in [0.25, 0.3) is 0 Å². The van der Waals surface area contributed by atoms with E-state index in [0.29, 0.717) is 17.9 Å². The molecule has 1 aliphatic heterocycles. The molecule has 5 heteroatoms. The molecule has 28 heavy (non-hydrogen) atoms. The lowest BCUT2D eigenvalue weighted by Crippen LogP contribution is -2.46. The molecular formula is C23H30N4O. The zero-order chi connectivity index (χ0) is 19.3. The van der Waals surface area contributed by atoms with Gasteiger partial charge in [-0.2, -0.15) is 0 Å². The van der Waals surface area contributed by atoms with Crippen molar-refractivity contribution in [1.29, 1.82) is 0 Å². The summed E-state index contributed by atoms with van der Waals surface area (Å²) in [5.74, 6) is 2.05. The standard InChI is InChI=1S/C23H30N4O/c1-26(21-9-7-19(8-10-21)18-5-3-2-4-6-18)23(28)20-11-15-27(16-12-20)22-17-24-13-14-25-22/h2-6,13-14,17,19-21H,7-12,15-16H2,1H3. The molecule has 1 aromatic carbocycles. The summed E-state index contributed by atoms with van der Waals surface area (Å²) in [5, 5.41) is 0. The van der Waals surface area contributed by atoms with Crippen molar-refractivity contribution in [2.75, 3.05) is 25.0 Å². The fourth-order valence-corrected chi connectivity index (χ4v) is 4.80. The van der Waals surface area contributed by atoms with Gasteiger partial charge in [-0.3, -0.25) is 9.78 Å². The number of rotatable bonds is 4. The van der Waals surface area contributed by atoms with E-state index in [4.69, 9.17) is 0 Å². The molecule has 0 radical (unpaired) electrons. The first-order valence-electron chi connectivity index (χ1n) is 10.5. The van der Waals surface area contributed by atoms with Crippen LogP contribution in [0, 0.1) is 5.92 Å². The summed E-state index contributed by atoms with van der Waals surface area (Å²) < 4.78 is 0. The van der Waals surface area contributed by atoms with Crippen molar-refractivity contribution >= 4 is 11.7 Å². The van der Waals surface area contributed by atoms with E-state index in [9.17, 15) is 4.79 Å². The maximum Gasteiger partial charge on any atom is 0.225 e. The lowest BCUT2D eigenvalue weighted by molar-refractivity contribution is -0.137. The lowest BCUT2D eigenvalue weighted by Gasteiger charge is -2.38. The maximum atomic E-state index is 13.1. The minimum Gasteiger partial charge on any atom is -0.355 e. The number of anilines is 1. The molecule has 0 atom stereocenters. The number of carbonyl (C=O) groups excluding carboxylic acids is 1. The van der Waals surface area contributed by atoms with Gasteiger partial charge in [0, 0.05) is 44.5 Å². The molecule has 0 N–H and O–H groups in total. The Labute approximate surface area is 167 Å². The third-order valence-corrected chi connectivity index (χ3v) is 6.58. The summed E-state index contributed by atoms with van der Waals surface area (Å²) in [6.45, 7) is 1.76. The van der Waals surface area contributed by atoms with Crippen LogP contribution in [0.2, 0.25) is 0 Å². The number of carbonyl (C=O) groups is 1. The van der Waals surface area contributed by atoms with E-state index in [1.807, 2.05) is 7.05 Å². The van der Waals surface area contributed by atoms with Crippen LogP contribution < -0.4 is 4.90 Å². The molecule has 4 rings (SSSR count). The van der Waals surface area contributed by atoms with Gasteiger partial charge in [0.15, 0.2) is 0 Å². The Morgan fingerprint density at radius 1 is 1.00 bits per heavy atom. The predicted octanol–water partition coefficient (Wildman–Crippen LogP) is 3.88. The number of hydrogen-bond donors (Lipinski definition) is 0. The van der Waals surface area contributed by atoms with Gasteiger partial charge in [-0.05, 0) is 50.0 Å². The predicted molar refractivity (Wildman–Crippen MR) is 111 cm³/mol. The van der Waals surface area contributed by atoms with Crippen molar-refractivity contribution in [3.63, 3.8) is 0 Å². The second-order valence-corrected chi connectivity index (χ2v) is 8.19. The molecule has 1 aromatic heterocycles. The Kier molecular flexibility index (Phi) is 5.89. The molecule has 2 aliphatic rings. The second kappa shape index (κ2) is 8.72. The van der Waals surface area contributed by atoms with Crippen LogP contribution in [-0.2, 0) is 4.79 Å². The SMILES string of the molecule is CN(C(=O)C1CCN(c2cnccn2)CC1)C1CCC(c2ccccc2)CC1. The average Bonchev–Trinajstić information content (AvgIpc) is 2.79. The highest BCUT2D eigenvalue weighted by Gasteiger charge is 2.32. The quantitative estimate of drug-likeness (QED) is 0.810. The van der Waals surface area contributed by atoms with Crippen LogP contribution in [0.3, 0.4) is 0 Å². The van der Waals surface area contributed by atoms with Gasteiger partial charge < -0.3 is 9.80 Å². The highest BCUT2D eigenvalue weighted by Crippen LogP contribution is 2.35. The molecule has 0 spiro atoms. The zero-order valence-electron chi connectivity index (χ0n) is 16.7. The normalized spacial score (nSPS) is 23.4. The van der Waals surface area contributed by atoms with Crippen LogP contribution in [-0.4, -0.2) is 47.0 Å². The molecule has 148 valence electrons. The lowest BCUT2D eigenvalue weighted by atomic mass is 9.81. The minimum atomic E-state index is 0.143. The summed E-state index contributed by atoms with van der Waals surface area (Å²) >= 11 is 0. The molecule has 1 aliphatic carbocycles. The second-order valence-electron chi connectivity index (χ2n) is 8.19. The van der Waals surface area contributed by atoms with Gasteiger partial charge in [-0.1, -0.05) is 30.3 Å². The Balaban J connectivity index is 1.27. The summed E-state index contributed by atoms with van der Waals surface area (Å²) in [6.07, 6.45) is 11.6. The zero-order valence-corrected chi connectivity index (χ0v) is 16.7. The molecule has 2 fully saturated rings. The molecule has 0 bridgehead atoms. The summed E-state index contributed by atoms with van der Waals surface area (Å²) in [6, 6.07) is 11.2. The summed E-state index contributed by atoms with van der Waals surface area (Å²) in [5.41, 5.74) is 1.45. The molecular weight excluding hydrogens is 348 g/mol. The third-order valence-electron chi connectivity index (χ3n) is 6.58. The number of hydrogen-bond acceptors (Lipinski definition) is 4. The fourth-order valence-electron chi connectivity index (χ4n) is 4.80. The van der Waals surface area contributed by atoms with E-state index in [1.165, 1.54) is 18.4 Å². The van der Waals surface area contributed by atoms with Crippen LogP contribution >= 0.6 is 0 Å². The van der Waals surface area contributed by atoms with E-state index in [1.54, 1.807) is 18.6 Å². The van der Waals surface area contributed by atoms with E-state index < -0.39 is 0 Å². The van der Waals surface area contributed by atoms with E-state index in [2.05, 4.69) is 50.1 Å². The molecule has 5 nitrogen and oxygen atoms in total. The van der Waals surface area contributed by atoms with Crippen molar-refractivity contribution in [3.8, 4) is 0 Å². The topological polar surface area (TPSA) is 49.3 Å². The Hall–Kier alpha value is -2.43. The monoisotopic (exact) mass is 378 g/mol. The van der Waals surface area contributed by atoms with Gasteiger partial charge in [0.1, 0.15) is 5.82 Å². The summed E-state index contributed by atoms with van der Waals surface area (Å²) in [7, 11) is 2.02. The van der Waals surface area contributed by atoms with Crippen LogP contribution in [0.15, 0.2) is 48.9 Å². The van der Waals surface area contributed by atoms with Gasteiger partial charge >= 0.3 is 0 Å². The van der Waals surface area contributed by atoms with Crippen molar-refractivity contribution in [2.24, 2.45) is 5.92 Å². The smallest absolute Gasteiger partial charge is 0.225 e. The first kappa shape index (κ1) is 18.9. The first-order valence-corrected chi connectivity index (χ1v) is 10.5. The maximum absolute atomic E-state index is 13.1. The average molecular weight is 379 g/mol. The van der Waals surface area contributed by atoms with Crippen molar-refractivity contribution in [2.45, 2.75) is 50.5 Å². The first-order chi connectivity index (χ1) is 13.7. The largest absolute Gasteiger partial charge is 0.355 e. The van der Waals surface area contributed by atoms with Crippen molar-refractivity contribution < 1.29 is 4.79 Å². The molecule has 2 aromatic rings. The van der Waals surface area contributed by atoms with Crippen molar-refractivity contribution in [3.05, 3.63) is 54.5 Å². The number of benzene rings is 1. The Bertz CT molecular complexity index is 751. The summed E-state index contributed by atoms with van der Waals surface area (Å²) in [4.78, 5) is 25.9. The molecule has 0 unspecified atom stereocenters. The molecule has 1 saturated heterocycles. The van der Waals surface area contributed by atoms with Crippen LogP contribution in [0.1, 0.15) is 50.0 Å². The van der Waals surface area contributed by atoms with Crippen LogP contribution in [0.4, 0.5) is 5.82 Å². The van der Waals surface area contributed by atoms with Gasteiger partial charge in [0.25, 0.3) is 0 Å². The van der Waals surface area contributed by atoms with Gasteiger partial charge in [0.05, 0.1) is 6.20 Å². The van der Waals surface area contributed by atoms with E-state index >= 15 is 0 Å². The molecule has 1 saturated carbocycles. The van der Waals surface area contributed by atoms with Gasteiger partial charge in [-0.25, -0.2) is 4.98 Å². The Morgan fingerprint density at radius 2 is 1.71 bits per heavy atom.